The fourth-order valence-electron chi connectivity index (χ4n) is 3.46. The lowest BCUT2D eigenvalue weighted by molar-refractivity contribution is -0.120. The van der Waals surface area contributed by atoms with Crippen LogP contribution in [0.2, 0.25) is 0 Å². The van der Waals surface area contributed by atoms with Gasteiger partial charge in [-0.1, -0.05) is 6.07 Å². The Morgan fingerprint density at radius 2 is 2.26 bits per heavy atom. The quantitative estimate of drug-likeness (QED) is 0.643. The van der Waals surface area contributed by atoms with Gasteiger partial charge >= 0.3 is 0 Å². The molecule has 3 N–H and O–H groups in total. The van der Waals surface area contributed by atoms with Gasteiger partial charge in [-0.05, 0) is 37.1 Å². The molecule has 1 aromatic carbocycles. The summed E-state index contributed by atoms with van der Waals surface area (Å²) in [6.45, 7) is 1.70. The molecule has 27 heavy (non-hydrogen) atoms. The van der Waals surface area contributed by atoms with Crippen LogP contribution in [0.15, 0.2) is 42.9 Å². The molecule has 1 amide bonds. The number of anilines is 2. The average Bonchev–Trinajstić information content (AvgIpc) is 3.15. The summed E-state index contributed by atoms with van der Waals surface area (Å²) in [5.41, 5.74) is 1.40. The number of H-pyrrole nitrogens is 1. The first kappa shape index (κ1) is 17.3. The number of hydrogen-bond acceptors (Lipinski definition) is 5. The van der Waals surface area contributed by atoms with Crippen molar-refractivity contribution in [1.29, 1.82) is 0 Å². The maximum atomic E-state index is 13.2. The van der Waals surface area contributed by atoms with Gasteiger partial charge in [0.15, 0.2) is 0 Å². The molecule has 4 rings (SSSR count). The molecule has 1 aliphatic heterocycles. The first-order valence-electron chi connectivity index (χ1n) is 9.01. The number of benzene rings is 1. The Hall–Kier alpha value is -3.16. The topological polar surface area (TPSA) is 85.9 Å². The molecule has 140 valence electrons. The van der Waals surface area contributed by atoms with E-state index in [1.54, 1.807) is 18.5 Å². The van der Waals surface area contributed by atoms with Crippen LogP contribution in [0, 0.1) is 5.82 Å². The van der Waals surface area contributed by atoms with Gasteiger partial charge in [-0.2, -0.15) is 0 Å². The van der Waals surface area contributed by atoms with Crippen LogP contribution in [0.3, 0.4) is 0 Å². The summed E-state index contributed by atoms with van der Waals surface area (Å²) < 4.78 is 13.2. The van der Waals surface area contributed by atoms with Crippen molar-refractivity contribution in [3.63, 3.8) is 0 Å². The lowest BCUT2D eigenvalue weighted by Gasteiger charge is -2.34. The second kappa shape index (κ2) is 7.61. The molecule has 3 aromatic rings. The number of halogens is 1. The number of carbonyl (C=O) groups excluding carboxylic acids is 1. The molecule has 0 bridgehead atoms. The Labute approximate surface area is 156 Å². The van der Waals surface area contributed by atoms with Gasteiger partial charge in [-0.3, -0.25) is 4.79 Å². The molecule has 1 aliphatic rings. The van der Waals surface area contributed by atoms with Crippen molar-refractivity contribution < 1.29 is 9.18 Å². The Morgan fingerprint density at radius 1 is 1.33 bits per heavy atom. The zero-order valence-corrected chi connectivity index (χ0v) is 14.8. The lowest BCUT2D eigenvalue weighted by atomic mass is 10.1. The third kappa shape index (κ3) is 3.99. The minimum absolute atomic E-state index is 0.0458. The van der Waals surface area contributed by atoms with E-state index < -0.39 is 0 Å². The van der Waals surface area contributed by atoms with Crippen molar-refractivity contribution >= 4 is 28.4 Å². The SMILES string of the molecule is O=C(CNc1cccc(F)c1)NC1CCCN(c2ncnc3[nH]ccc23)C1. The Bertz CT molecular complexity index is 943. The van der Waals surface area contributed by atoms with E-state index in [-0.39, 0.29) is 24.3 Å². The highest BCUT2D eigenvalue weighted by Crippen LogP contribution is 2.25. The van der Waals surface area contributed by atoms with Gasteiger partial charge in [0.05, 0.1) is 11.9 Å². The maximum Gasteiger partial charge on any atom is 0.239 e. The zero-order chi connectivity index (χ0) is 18.6. The summed E-state index contributed by atoms with van der Waals surface area (Å²) in [5.74, 6) is 0.447. The van der Waals surface area contributed by atoms with E-state index in [9.17, 15) is 9.18 Å². The van der Waals surface area contributed by atoms with Gasteiger partial charge in [0, 0.05) is 31.0 Å². The van der Waals surface area contributed by atoms with Crippen molar-refractivity contribution in [2.75, 3.05) is 29.9 Å². The predicted octanol–water partition coefficient (Wildman–Crippen LogP) is 2.29. The molecule has 0 spiro atoms. The van der Waals surface area contributed by atoms with Gasteiger partial charge in [-0.25, -0.2) is 14.4 Å². The molecule has 1 unspecified atom stereocenters. The van der Waals surface area contributed by atoms with Gasteiger partial charge in [0.2, 0.25) is 5.91 Å². The Kier molecular flexibility index (Phi) is 4.86. The molecule has 0 aliphatic carbocycles. The fourth-order valence-corrected chi connectivity index (χ4v) is 3.46. The second-order valence-electron chi connectivity index (χ2n) is 6.65. The van der Waals surface area contributed by atoms with E-state index in [1.807, 2.05) is 12.3 Å². The standard InChI is InChI=1S/C19H21FN6O/c20-13-3-1-4-14(9-13)22-10-17(27)25-15-5-2-8-26(11-15)19-16-6-7-21-18(16)23-12-24-19/h1,3-4,6-7,9,12,15,22H,2,5,8,10-11H2,(H,25,27)(H,21,23,24). The monoisotopic (exact) mass is 368 g/mol. The molecule has 7 nitrogen and oxygen atoms in total. The van der Waals surface area contributed by atoms with Gasteiger partial charge < -0.3 is 20.5 Å². The summed E-state index contributed by atoms with van der Waals surface area (Å²) in [7, 11) is 0. The molecule has 3 heterocycles. The Balaban J connectivity index is 1.35. The molecular formula is C19H21FN6O. The van der Waals surface area contributed by atoms with Crippen LogP contribution in [0.4, 0.5) is 15.9 Å². The summed E-state index contributed by atoms with van der Waals surface area (Å²) in [6.07, 6.45) is 5.30. The van der Waals surface area contributed by atoms with Crippen molar-refractivity contribution in [2.24, 2.45) is 0 Å². The van der Waals surface area contributed by atoms with Crippen LogP contribution >= 0.6 is 0 Å². The van der Waals surface area contributed by atoms with Gasteiger partial charge in [-0.15, -0.1) is 0 Å². The lowest BCUT2D eigenvalue weighted by Crippen LogP contribution is -2.49. The first-order chi connectivity index (χ1) is 13.2. The van der Waals surface area contributed by atoms with E-state index in [1.165, 1.54) is 12.1 Å². The highest BCUT2D eigenvalue weighted by molar-refractivity contribution is 5.87. The van der Waals surface area contributed by atoms with Crippen LogP contribution in [-0.4, -0.2) is 46.5 Å². The number of fused-ring (bicyclic) bond motifs is 1. The third-order valence-corrected chi connectivity index (χ3v) is 4.70. The number of rotatable bonds is 5. The molecule has 2 aromatic heterocycles. The van der Waals surface area contributed by atoms with Crippen LogP contribution in [0.1, 0.15) is 12.8 Å². The van der Waals surface area contributed by atoms with Crippen LogP contribution < -0.4 is 15.5 Å². The van der Waals surface area contributed by atoms with E-state index >= 15 is 0 Å². The average molecular weight is 368 g/mol. The van der Waals surface area contributed by atoms with Crippen molar-refractivity contribution in [3.05, 3.63) is 48.7 Å². The predicted molar refractivity (Wildman–Crippen MR) is 102 cm³/mol. The maximum absolute atomic E-state index is 13.2. The van der Waals surface area contributed by atoms with Crippen LogP contribution in [-0.2, 0) is 4.79 Å². The van der Waals surface area contributed by atoms with Crippen molar-refractivity contribution in [1.82, 2.24) is 20.3 Å². The largest absolute Gasteiger partial charge is 0.376 e. The number of aromatic amines is 1. The molecule has 1 saturated heterocycles. The summed E-state index contributed by atoms with van der Waals surface area (Å²) >= 11 is 0. The number of amides is 1. The number of nitrogens with zero attached hydrogens (tertiary/aromatic N) is 3. The highest BCUT2D eigenvalue weighted by atomic mass is 19.1. The second-order valence-corrected chi connectivity index (χ2v) is 6.65. The normalized spacial score (nSPS) is 17.1. The van der Waals surface area contributed by atoms with Gasteiger partial charge in [0.25, 0.3) is 0 Å². The molecular weight excluding hydrogens is 347 g/mol. The van der Waals surface area contributed by atoms with E-state index in [4.69, 9.17) is 0 Å². The molecule has 0 radical (unpaired) electrons. The van der Waals surface area contributed by atoms with E-state index in [0.717, 1.165) is 36.2 Å². The number of aromatic nitrogens is 3. The van der Waals surface area contributed by atoms with E-state index in [0.29, 0.717) is 12.2 Å². The van der Waals surface area contributed by atoms with Crippen molar-refractivity contribution in [2.45, 2.75) is 18.9 Å². The van der Waals surface area contributed by atoms with Crippen LogP contribution in [0.25, 0.3) is 11.0 Å². The van der Waals surface area contributed by atoms with Gasteiger partial charge in [0.1, 0.15) is 23.6 Å². The summed E-state index contributed by atoms with van der Waals surface area (Å²) in [5, 5.41) is 6.99. The molecule has 1 atom stereocenters. The fraction of sp³-hybridized carbons (Fsp3) is 0.316. The number of hydrogen-bond donors (Lipinski definition) is 3. The zero-order valence-electron chi connectivity index (χ0n) is 14.8. The first-order valence-corrected chi connectivity index (χ1v) is 9.01. The summed E-state index contributed by atoms with van der Waals surface area (Å²) in [4.78, 5) is 26.2. The third-order valence-electron chi connectivity index (χ3n) is 4.70. The van der Waals surface area contributed by atoms with Crippen LogP contribution in [0.5, 0.6) is 0 Å². The molecule has 1 fully saturated rings. The molecule has 0 saturated carbocycles. The minimum atomic E-state index is -0.329. The summed E-state index contributed by atoms with van der Waals surface area (Å²) in [6, 6.07) is 8.09. The minimum Gasteiger partial charge on any atom is -0.376 e. The number of piperidine rings is 1. The Morgan fingerprint density at radius 3 is 3.15 bits per heavy atom. The van der Waals surface area contributed by atoms with Crippen molar-refractivity contribution in [3.8, 4) is 0 Å². The highest BCUT2D eigenvalue weighted by Gasteiger charge is 2.23. The number of nitrogens with one attached hydrogen (secondary N) is 3. The van der Waals surface area contributed by atoms with E-state index in [2.05, 4.69) is 30.5 Å². The smallest absolute Gasteiger partial charge is 0.239 e. The molecule has 8 heteroatoms. The number of carbonyl (C=O) groups is 1.